The van der Waals surface area contributed by atoms with Crippen LogP contribution in [0.1, 0.15) is 5.56 Å². The first-order chi connectivity index (χ1) is 16.2. The number of fused-ring (bicyclic) bond motifs is 1. The molecule has 0 N–H and O–H groups in total. The third-order valence-corrected chi connectivity index (χ3v) is 6.43. The molecular formula is C22H17F2N3O6S. The summed E-state index contributed by atoms with van der Waals surface area (Å²) in [6.07, 6.45) is 0. The molecule has 34 heavy (non-hydrogen) atoms. The maximum atomic E-state index is 13.7. The molecule has 12 heteroatoms. The molecule has 0 saturated heterocycles. The fraction of sp³-hybridized carbons (Fsp3) is 0.136. The molecule has 0 aliphatic heterocycles. The van der Waals surface area contributed by atoms with Gasteiger partial charge >= 0.3 is 0 Å². The number of ether oxygens (including phenoxy) is 2. The van der Waals surface area contributed by atoms with Crippen LogP contribution in [-0.2, 0) is 10.0 Å². The molecule has 4 rings (SSSR count). The number of nitrogens with zero attached hydrogens (tertiary/aromatic N) is 3. The van der Waals surface area contributed by atoms with Crippen molar-refractivity contribution in [3.05, 3.63) is 88.0 Å². The predicted molar refractivity (Wildman–Crippen MR) is 117 cm³/mol. The van der Waals surface area contributed by atoms with E-state index in [2.05, 4.69) is 5.10 Å². The van der Waals surface area contributed by atoms with Gasteiger partial charge in [0, 0.05) is 18.2 Å². The SMILES string of the molecule is Cc1ccc(S(=O)(=O)n2nc(OCCOc3ccc(F)cc3F)c3cc([N+](=O)[O-])ccc32)cc1. The van der Waals surface area contributed by atoms with E-state index in [0.717, 1.165) is 33.9 Å². The minimum Gasteiger partial charge on any atom is -0.487 e. The van der Waals surface area contributed by atoms with Crippen molar-refractivity contribution in [1.82, 2.24) is 9.19 Å². The molecule has 0 spiro atoms. The Morgan fingerprint density at radius 3 is 2.38 bits per heavy atom. The van der Waals surface area contributed by atoms with Crippen LogP contribution in [0.15, 0.2) is 65.6 Å². The van der Waals surface area contributed by atoms with E-state index in [9.17, 15) is 27.3 Å². The fourth-order valence-corrected chi connectivity index (χ4v) is 4.43. The zero-order chi connectivity index (χ0) is 24.5. The van der Waals surface area contributed by atoms with Gasteiger partial charge in [0.2, 0.25) is 5.88 Å². The second kappa shape index (κ2) is 9.06. The lowest BCUT2D eigenvalue weighted by Gasteiger charge is -2.08. The van der Waals surface area contributed by atoms with Gasteiger partial charge in [0.1, 0.15) is 19.0 Å². The zero-order valence-electron chi connectivity index (χ0n) is 17.6. The van der Waals surface area contributed by atoms with Gasteiger partial charge in [0.25, 0.3) is 15.7 Å². The van der Waals surface area contributed by atoms with Gasteiger partial charge in [-0.3, -0.25) is 10.1 Å². The van der Waals surface area contributed by atoms with Crippen LogP contribution in [0.4, 0.5) is 14.5 Å². The first-order valence-electron chi connectivity index (χ1n) is 9.87. The Kier molecular flexibility index (Phi) is 6.16. The highest BCUT2D eigenvalue weighted by Crippen LogP contribution is 2.31. The van der Waals surface area contributed by atoms with Crippen LogP contribution in [0.25, 0.3) is 10.9 Å². The molecule has 0 fully saturated rings. The number of halogens is 2. The maximum Gasteiger partial charge on any atom is 0.283 e. The first-order valence-corrected chi connectivity index (χ1v) is 11.3. The zero-order valence-corrected chi connectivity index (χ0v) is 18.5. The topological polar surface area (TPSA) is 114 Å². The predicted octanol–water partition coefficient (Wildman–Crippen LogP) is 4.23. The largest absolute Gasteiger partial charge is 0.487 e. The van der Waals surface area contributed by atoms with Crippen molar-refractivity contribution >= 4 is 26.6 Å². The van der Waals surface area contributed by atoms with E-state index in [4.69, 9.17) is 9.47 Å². The number of rotatable bonds is 8. The molecule has 0 bridgehead atoms. The molecule has 0 unspecified atom stereocenters. The average molecular weight is 489 g/mol. The Bertz CT molecular complexity index is 1490. The van der Waals surface area contributed by atoms with Gasteiger partial charge in [0.05, 0.1) is 20.7 Å². The van der Waals surface area contributed by atoms with Crippen molar-refractivity contribution in [2.75, 3.05) is 13.2 Å². The quantitative estimate of drug-likeness (QED) is 0.207. The number of nitro benzene ring substituents is 1. The molecule has 9 nitrogen and oxygen atoms in total. The van der Waals surface area contributed by atoms with E-state index in [0.29, 0.717) is 6.07 Å². The Hall–Kier alpha value is -4.06. The summed E-state index contributed by atoms with van der Waals surface area (Å²) in [5.41, 5.74) is 0.655. The molecule has 176 valence electrons. The number of nitro groups is 1. The molecule has 0 aliphatic rings. The number of hydrogen-bond donors (Lipinski definition) is 0. The minimum atomic E-state index is -4.14. The van der Waals surface area contributed by atoms with Gasteiger partial charge in [-0.15, -0.1) is 9.19 Å². The molecular weight excluding hydrogens is 472 g/mol. The molecule has 0 atom stereocenters. The lowest BCUT2D eigenvalue weighted by molar-refractivity contribution is -0.384. The number of aryl methyl sites for hydroxylation is 1. The molecule has 0 amide bonds. The third-order valence-electron chi connectivity index (χ3n) is 4.83. The maximum absolute atomic E-state index is 13.7. The normalized spacial score (nSPS) is 11.5. The highest BCUT2D eigenvalue weighted by atomic mass is 32.2. The van der Waals surface area contributed by atoms with Crippen molar-refractivity contribution in [1.29, 1.82) is 0 Å². The Balaban J connectivity index is 1.65. The molecule has 0 saturated carbocycles. The van der Waals surface area contributed by atoms with Crippen LogP contribution >= 0.6 is 0 Å². The fourth-order valence-electron chi connectivity index (χ4n) is 3.15. The van der Waals surface area contributed by atoms with Gasteiger partial charge in [-0.1, -0.05) is 17.7 Å². The first kappa shape index (κ1) is 23.1. The second-order valence-corrected chi connectivity index (χ2v) is 8.96. The van der Waals surface area contributed by atoms with Crippen LogP contribution < -0.4 is 9.47 Å². The van der Waals surface area contributed by atoms with Crippen LogP contribution in [0.5, 0.6) is 11.6 Å². The summed E-state index contributed by atoms with van der Waals surface area (Å²) in [5.74, 6) is -2.03. The van der Waals surface area contributed by atoms with Crippen molar-refractivity contribution in [3.63, 3.8) is 0 Å². The summed E-state index contributed by atoms with van der Waals surface area (Å²) in [5, 5.41) is 15.4. The third kappa shape index (κ3) is 4.53. The monoisotopic (exact) mass is 489 g/mol. The van der Waals surface area contributed by atoms with Crippen LogP contribution in [0.3, 0.4) is 0 Å². The van der Waals surface area contributed by atoms with Crippen LogP contribution in [0.2, 0.25) is 0 Å². The summed E-state index contributed by atoms with van der Waals surface area (Å²) in [4.78, 5) is 10.6. The van der Waals surface area contributed by atoms with Gasteiger partial charge < -0.3 is 9.47 Å². The van der Waals surface area contributed by atoms with Crippen molar-refractivity contribution in [3.8, 4) is 11.6 Å². The highest BCUT2D eigenvalue weighted by Gasteiger charge is 2.25. The number of hydrogen-bond acceptors (Lipinski definition) is 7. The Morgan fingerprint density at radius 1 is 1.00 bits per heavy atom. The standard InChI is InChI=1S/C22H17F2N3O6S/c1-14-2-6-17(7-3-14)34(30,31)26-20-8-5-16(27(28)29)13-18(20)22(25-26)33-11-10-32-21-9-4-15(23)12-19(21)24/h2-9,12-13H,10-11H2,1H3. The van der Waals surface area contributed by atoms with Gasteiger partial charge in [-0.25, -0.2) is 8.78 Å². The number of non-ortho nitro benzene ring substituents is 1. The Labute approximate surface area is 192 Å². The summed E-state index contributed by atoms with van der Waals surface area (Å²) in [7, 11) is -4.14. The summed E-state index contributed by atoms with van der Waals surface area (Å²) in [6, 6.07) is 12.5. The van der Waals surface area contributed by atoms with E-state index in [1.165, 1.54) is 18.2 Å². The average Bonchev–Trinajstić information content (AvgIpc) is 3.17. The second-order valence-electron chi connectivity index (χ2n) is 7.20. The van der Waals surface area contributed by atoms with Crippen molar-refractivity contribution in [2.45, 2.75) is 11.8 Å². The minimum absolute atomic E-state index is 0.0254. The van der Waals surface area contributed by atoms with E-state index in [1.807, 2.05) is 6.92 Å². The lowest BCUT2D eigenvalue weighted by Crippen LogP contribution is -2.15. The summed E-state index contributed by atoms with van der Waals surface area (Å²) < 4.78 is 64.6. The van der Waals surface area contributed by atoms with Crippen LogP contribution in [0, 0.1) is 28.7 Å². The number of aromatic nitrogens is 2. The van der Waals surface area contributed by atoms with E-state index >= 15 is 0 Å². The van der Waals surface area contributed by atoms with Crippen molar-refractivity contribution < 1.29 is 31.6 Å². The van der Waals surface area contributed by atoms with E-state index < -0.39 is 26.6 Å². The van der Waals surface area contributed by atoms with Crippen molar-refractivity contribution in [2.24, 2.45) is 0 Å². The smallest absolute Gasteiger partial charge is 0.283 e. The van der Waals surface area contributed by atoms with Gasteiger partial charge in [0.15, 0.2) is 11.6 Å². The highest BCUT2D eigenvalue weighted by molar-refractivity contribution is 7.90. The van der Waals surface area contributed by atoms with E-state index in [-0.39, 0.29) is 46.3 Å². The molecule has 4 aromatic rings. The molecule has 3 aromatic carbocycles. The summed E-state index contributed by atoms with van der Waals surface area (Å²) >= 11 is 0. The Morgan fingerprint density at radius 2 is 1.71 bits per heavy atom. The summed E-state index contributed by atoms with van der Waals surface area (Å²) in [6.45, 7) is 1.43. The molecule has 1 heterocycles. The number of benzene rings is 3. The molecule has 0 aliphatic carbocycles. The van der Waals surface area contributed by atoms with Gasteiger partial charge in [-0.2, -0.15) is 8.42 Å². The lowest BCUT2D eigenvalue weighted by atomic mass is 10.2. The molecule has 0 radical (unpaired) electrons. The van der Waals surface area contributed by atoms with Gasteiger partial charge in [-0.05, 0) is 37.3 Å². The van der Waals surface area contributed by atoms with Crippen LogP contribution in [-0.4, -0.2) is 35.7 Å². The van der Waals surface area contributed by atoms with E-state index in [1.54, 1.807) is 12.1 Å². The molecule has 1 aromatic heterocycles.